The molecule has 124 valence electrons. The number of fused-ring (bicyclic) bond motifs is 1. The summed E-state index contributed by atoms with van der Waals surface area (Å²) in [7, 11) is -1.88. The fourth-order valence-electron chi connectivity index (χ4n) is 2.25. The predicted molar refractivity (Wildman–Crippen MR) is 91.5 cm³/mol. The van der Waals surface area contributed by atoms with E-state index in [4.69, 9.17) is 5.14 Å². The Morgan fingerprint density at radius 3 is 2.62 bits per heavy atom. The number of anilines is 1. The summed E-state index contributed by atoms with van der Waals surface area (Å²) in [5, 5.41) is 13.3. The normalized spacial score (nSPS) is 11.6. The van der Waals surface area contributed by atoms with Gasteiger partial charge in [-0.05, 0) is 23.8 Å². The Morgan fingerprint density at radius 1 is 1.29 bits per heavy atom. The van der Waals surface area contributed by atoms with Gasteiger partial charge in [-0.25, -0.2) is 23.5 Å². The van der Waals surface area contributed by atoms with Gasteiger partial charge in [0.2, 0.25) is 10.0 Å². The van der Waals surface area contributed by atoms with Crippen molar-refractivity contribution in [2.45, 2.75) is 11.4 Å². The first-order valence-corrected chi connectivity index (χ1v) is 8.61. The van der Waals surface area contributed by atoms with E-state index in [1.165, 1.54) is 12.1 Å². The highest BCUT2D eigenvalue weighted by molar-refractivity contribution is 7.89. The zero-order valence-corrected chi connectivity index (χ0v) is 13.8. The van der Waals surface area contributed by atoms with Gasteiger partial charge in [0.25, 0.3) is 0 Å². The molecular formula is C15H16N6O2S. The van der Waals surface area contributed by atoms with Crippen LogP contribution >= 0.6 is 0 Å². The summed E-state index contributed by atoms with van der Waals surface area (Å²) >= 11 is 0. The first kappa shape index (κ1) is 16.1. The van der Waals surface area contributed by atoms with Crippen molar-refractivity contribution in [3.8, 4) is 0 Å². The van der Waals surface area contributed by atoms with E-state index >= 15 is 0 Å². The number of aryl methyl sites for hydroxylation is 1. The van der Waals surface area contributed by atoms with Crippen molar-refractivity contribution >= 4 is 33.0 Å². The summed E-state index contributed by atoms with van der Waals surface area (Å²) < 4.78 is 24.2. The molecule has 3 aromatic rings. The van der Waals surface area contributed by atoms with E-state index in [1.54, 1.807) is 36.1 Å². The lowest BCUT2D eigenvalue weighted by Crippen LogP contribution is -2.12. The third-order valence-electron chi connectivity index (χ3n) is 3.50. The van der Waals surface area contributed by atoms with Crippen molar-refractivity contribution in [1.82, 2.24) is 19.7 Å². The highest BCUT2D eigenvalue weighted by Crippen LogP contribution is 2.20. The van der Waals surface area contributed by atoms with Gasteiger partial charge in [0.15, 0.2) is 11.5 Å². The van der Waals surface area contributed by atoms with Crippen LogP contribution in [0.2, 0.25) is 0 Å². The number of rotatable bonds is 5. The minimum absolute atomic E-state index is 0.0804. The summed E-state index contributed by atoms with van der Waals surface area (Å²) in [5.74, 6) is 1.14. The SMILES string of the molecule is C=Cc1nc(NCc2ccc(S(N)(=O)=O)cc2)c2cnn(C)c2n1. The van der Waals surface area contributed by atoms with Crippen molar-refractivity contribution in [3.05, 3.63) is 48.4 Å². The van der Waals surface area contributed by atoms with Gasteiger partial charge >= 0.3 is 0 Å². The highest BCUT2D eigenvalue weighted by atomic mass is 32.2. The molecule has 0 unspecified atom stereocenters. The standard InChI is InChI=1S/C15H16N6O2S/c1-3-13-19-14(12-9-18-21(2)15(12)20-13)17-8-10-4-6-11(7-5-10)24(16,22)23/h3-7,9H,1,8H2,2H3,(H2,16,22,23)(H,17,19,20). The first-order valence-electron chi connectivity index (χ1n) is 7.06. The number of sulfonamides is 1. The smallest absolute Gasteiger partial charge is 0.238 e. The molecule has 8 nitrogen and oxygen atoms in total. The second kappa shape index (κ2) is 6.02. The van der Waals surface area contributed by atoms with Gasteiger partial charge in [-0.1, -0.05) is 18.7 Å². The molecule has 0 atom stereocenters. The molecule has 0 saturated carbocycles. The third kappa shape index (κ3) is 3.12. The van der Waals surface area contributed by atoms with Crippen LogP contribution < -0.4 is 10.5 Å². The lowest BCUT2D eigenvalue weighted by Gasteiger charge is -2.08. The van der Waals surface area contributed by atoms with Gasteiger partial charge in [0, 0.05) is 13.6 Å². The van der Waals surface area contributed by atoms with Gasteiger partial charge < -0.3 is 5.32 Å². The topological polar surface area (TPSA) is 116 Å². The largest absolute Gasteiger partial charge is 0.365 e. The Kier molecular flexibility index (Phi) is 4.04. The Hall–Kier alpha value is -2.78. The summed E-state index contributed by atoms with van der Waals surface area (Å²) in [6.45, 7) is 4.15. The highest BCUT2D eigenvalue weighted by Gasteiger charge is 2.11. The summed E-state index contributed by atoms with van der Waals surface area (Å²) in [5.41, 5.74) is 1.59. The molecule has 0 saturated heterocycles. The molecule has 3 N–H and O–H groups in total. The van der Waals surface area contributed by atoms with Gasteiger partial charge in [0.05, 0.1) is 16.5 Å². The summed E-state index contributed by atoms with van der Waals surface area (Å²) in [6.07, 6.45) is 3.26. The van der Waals surface area contributed by atoms with E-state index in [2.05, 4.69) is 27.0 Å². The summed E-state index contributed by atoms with van der Waals surface area (Å²) in [6, 6.07) is 6.34. The second-order valence-corrected chi connectivity index (χ2v) is 6.74. The Bertz CT molecular complexity index is 1010. The van der Waals surface area contributed by atoms with E-state index in [0.717, 1.165) is 10.9 Å². The molecule has 0 fully saturated rings. The van der Waals surface area contributed by atoms with E-state index < -0.39 is 10.0 Å². The number of benzene rings is 1. The van der Waals surface area contributed by atoms with Crippen molar-refractivity contribution in [2.24, 2.45) is 12.2 Å². The Morgan fingerprint density at radius 2 is 2.00 bits per heavy atom. The van der Waals surface area contributed by atoms with Crippen LogP contribution in [0.3, 0.4) is 0 Å². The molecule has 0 aliphatic rings. The molecular weight excluding hydrogens is 328 g/mol. The van der Waals surface area contributed by atoms with Crippen LogP contribution in [0.4, 0.5) is 5.82 Å². The first-order chi connectivity index (χ1) is 11.4. The van der Waals surface area contributed by atoms with Gasteiger partial charge in [-0.2, -0.15) is 5.10 Å². The lowest BCUT2D eigenvalue weighted by molar-refractivity contribution is 0.598. The second-order valence-electron chi connectivity index (χ2n) is 5.18. The average Bonchev–Trinajstić information content (AvgIpc) is 2.93. The molecule has 0 radical (unpaired) electrons. The zero-order valence-electron chi connectivity index (χ0n) is 13.0. The van der Waals surface area contributed by atoms with Crippen LogP contribution in [0, 0.1) is 0 Å². The van der Waals surface area contributed by atoms with Crippen molar-refractivity contribution in [3.63, 3.8) is 0 Å². The van der Waals surface area contributed by atoms with E-state index in [1.807, 2.05) is 0 Å². The van der Waals surface area contributed by atoms with E-state index in [9.17, 15) is 8.42 Å². The molecule has 2 aromatic heterocycles. The quantitative estimate of drug-likeness (QED) is 0.720. The van der Waals surface area contributed by atoms with Crippen molar-refractivity contribution in [1.29, 1.82) is 0 Å². The zero-order chi connectivity index (χ0) is 17.3. The summed E-state index contributed by atoms with van der Waals surface area (Å²) in [4.78, 5) is 8.83. The molecule has 9 heteroatoms. The number of aromatic nitrogens is 4. The van der Waals surface area contributed by atoms with Crippen molar-refractivity contribution < 1.29 is 8.42 Å². The molecule has 1 aromatic carbocycles. The van der Waals surface area contributed by atoms with Crippen LogP contribution in [0.25, 0.3) is 17.1 Å². The molecule has 0 amide bonds. The fraction of sp³-hybridized carbons (Fsp3) is 0.133. The maximum Gasteiger partial charge on any atom is 0.238 e. The van der Waals surface area contributed by atoms with E-state index in [0.29, 0.717) is 23.8 Å². The Labute approximate surface area is 139 Å². The van der Waals surface area contributed by atoms with E-state index in [-0.39, 0.29) is 4.90 Å². The maximum absolute atomic E-state index is 11.3. The van der Waals surface area contributed by atoms with Gasteiger partial charge in [0.1, 0.15) is 5.82 Å². The van der Waals surface area contributed by atoms with Crippen LogP contribution in [0.15, 0.2) is 41.9 Å². The number of hydrogen-bond donors (Lipinski definition) is 2. The fourth-order valence-corrected chi connectivity index (χ4v) is 2.76. The van der Waals surface area contributed by atoms with Gasteiger partial charge in [-0.15, -0.1) is 0 Å². The van der Waals surface area contributed by atoms with Crippen LogP contribution in [-0.4, -0.2) is 28.2 Å². The number of hydrogen-bond acceptors (Lipinski definition) is 6. The van der Waals surface area contributed by atoms with Crippen LogP contribution in [0.5, 0.6) is 0 Å². The minimum Gasteiger partial charge on any atom is -0.365 e. The number of nitrogens with two attached hydrogens (primary N) is 1. The lowest BCUT2D eigenvalue weighted by atomic mass is 10.2. The monoisotopic (exact) mass is 344 g/mol. The molecule has 3 rings (SSSR count). The number of nitrogens with zero attached hydrogens (tertiary/aromatic N) is 4. The molecule has 0 aliphatic carbocycles. The molecule has 0 bridgehead atoms. The molecule has 0 spiro atoms. The average molecular weight is 344 g/mol. The molecule has 0 aliphatic heterocycles. The Balaban J connectivity index is 1.86. The molecule has 24 heavy (non-hydrogen) atoms. The van der Waals surface area contributed by atoms with Crippen molar-refractivity contribution in [2.75, 3.05) is 5.32 Å². The molecule has 2 heterocycles. The van der Waals surface area contributed by atoms with Crippen LogP contribution in [0.1, 0.15) is 11.4 Å². The third-order valence-corrected chi connectivity index (χ3v) is 4.43. The minimum atomic E-state index is -3.68. The number of primary sulfonamides is 1. The predicted octanol–water partition coefficient (Wildman–Crippen LogP) is 1.27. The number of nitrogens with one attached hydrogen (secondary N) is 1. The van der Waals surface area contributed by atoms with Crippen LogP contribution in [-0.2, 0) is 23.6 Å². The van der Waals surface area contributed by atoms with Gasteiger partial charge in [-0.3, -0.25) is 4.68 Å². The maximum atomic E-state index is 11.3.